The lowest BCUT2D eigenvalue weighted by Gasteiger charge is -2.34. The predicted molar refractivity (Wildman–Crippen MR) is 69.6 cm³/mol. The van der Waals surface area contributed by atoms with Crippen molar-refractivity contribution in [3.8, 4) is 0 Å². The third kappa shape index (κ3) is 2.91. The molecule has 1 aliphatic rings. The van der Waals surface area contributed by atoms with Crippen molar-refractivity contribution in [3.63, 3.8) is 0 Å². The van der Waals surface area contributed by atoms with Crippen LogP contribution in [0.5, 0.6) is 0 Å². The first-order valence-corrected chi connectivity index (χ1v) is 6.44. The number of nitrogens with zero attached hydrogens (tertiary/aromatic N) is 1. The molecule has 0 radical (unpaired) electrons. The summed E-state index contributed by atoms with van der Waals surface area (Å²) in [6.45, 7) is 2.91. The van der Waals surface area contributed by atoms with Crippen molar-refractivity contribution in [1.29, 1.82) is 0 Å². The summed E-state index contributed by atoms with van der Waals surface area (Å²) >= 11 is 12.3. The molecular formula is C12H15Cl2FN2. The van der Waals surface area contributed by atoms with Crippen molar-refractivity contribution in [2.24, 2.45) is 0 Å². The van der Waals surface area contributed by atoms with Crippen LogP contribution in [0.3, 0.4) is 0 Å². The molecule has 0 saturated carbocycles. The number of alkyl halides is 1. The molecular weight excluding hydrogens is 262 g/mol. The summed E-state index contributed by atoms with van der Waals surface area (Å²) in [4.78, 5) is 2.09. The maximum atomic E-state index is 13.3. The molecule has 1 saturated heterocycles. The van der Waals surface area contributed by atoms with Gasteiger partial charge in [-0.05, 0) is 12.1 Å². The van der Waals surface area contributed by atoms with Crippen LogP contribution in [0.4, 0.5) is 4.39 Å². The molecule has 1 aromatic rings. The normalized spacial score (nSPS) is 19.2. The highest BCUT2D eigenvalue weighted by Crippen LogP contribution is 2.34. The van der Waals surface area contributed by atoms with Crippen LogP contribution in [-0.4, -0.2) is 37.8 Å². The molecule has 1 N–H and O–H groups in total. The van der Waals surface area contributed by atoms with Crippen molar-refractivity contribution >= 4 is 23.2 Å². The number of piperazine rings is 1. The molecule has 94 valence electrons. The highest BCUT2D eigenvalue weighted by atomic mass is 35.5. The molecule has 2 nitrogen and oxygen atoms in total. The Kier molecular flexibility index (Phi) is 4.62. The number of rotatable bonds is 3. The fourth-order valence-electron chi connectivity index (χ4n) is 2.18. The van der Waals surface area contributed by atoms with E-state index in [0.717, 1.165) is 26.2 Å². The molecule has 0 bridgehead atoms. The van der Waals surface area contributed by atoms with Crippen molar-refractivity contribution in [3.05, 3.63) is 33.8 Å². The van der Waals surface area contributed by atoms with Gasteiger partial charge in [0.2, 0.25) is 0 Å². The Morgan fingerprint density at radius 2 is 1.82 bits per heavy atom. The van der Waals surface area contributed by atoms with Crippen LogP contribution >= 0.6 is 23.2 Å². The molecule has 0 aromatic heterocycles. The van der Waals surface area contributed by atoms with E-state index in [0.29, 0.717) is 15.6 Å². The number of benzene rings is 1. The van der Waals surface area contributed by atoms with Crippen LogP contribution in [0.2, 0.25) is 10.0 Å². The lowest BCUT2D eigenvalue weighted by atomic mass is 10.1. The average molecular weight is 277 g/mol. The molecule has 17 heavy (non-hydrogen) atoms. The van der Waals surface area contributed by atoms with E-state index in [2.05, 4.69) is 10.2 Å². The first kappa shape index (κ1) is 13.1. The van der Waals surface area contributed by atoms with Crippen LogP contribution in [0.25, 0.3) is 0 Å². The van der Waals surface area contributed by atoms with Gasteiger partial charge in [0.15, 0.2) is 0 Å². The van der Waals surface area contributed by atoms with Gasteiger partial charge in [-0.25, -0.2) is 4.39 Å². The maximum Gasteiger partial charge on any atom is 0.109 e. The zero-order chi connectivity index (χ0) is 12.3. The van der Waals surface area contributed by atoms with E-state index in [1.165, 1.54) is 0 Å². The fraction of sp³-hybridized carbons (Fsp3) is 0.500. The highest BCUT2D eigenvalue weighted by molar-refractivity contribution is 6.36. The molecule has 5 heteroatoms. The van der Waals surface area contributed by atoms with E-state index in [9.17, 15) is 4.39 Å². The van der Waals surface area contributed by atoms with Crippen molar-refractivity contribution in [1.82, 2.24) is 10.2 Å². The van der Waals surface area contributed by atoms with Crippen LogP contribution in [0.1, 0.15) is 11.6 Å². The molecule has 0 amide bonds. The molecule has 1 heterocycles. The molecule has 2 rings (SSSR count). The van der Waals surface area contributed by atoms with E-state index in [4.69, 9.17) is 23.2 Å². The maximum absolute atomic E-state index is 13.3. The second-order valence-corrected chi connectivity index (χ2v) is 4.91. The number of nitrogens with one attached hydrogen (secondary N) is 1. The monoisotopic (exact) mass is 276 g/mol. The third-order valence-electron chi connectivity index (χ3n) is 3.07. The van der Waals surface area contributed by atoms with E-state index in [1.807, 2.05) is 0 Å². The van der Waals surface area contributed by atoms with Crippen LogP contribution in [-0.2, 0) is 0 Å². The molecule has 1 aromatic carbocycles. The zero-order valence-electron chi connectivity index (χ0n) is 9.43. The smallest absolute Gasteiger partial charge is 0.109 e. The summed E-state index contributed by atoms with van der Waals surface area (Å²) in [5.74, 6) is 0. The van der Waals surface area contributed by atoms with Gasteiger partial charge in [-0.3, -0.25) is 4.90 Å². The molecule has 1 fully saturated rings. The van der Waals surface area contributed by atoms with Gasteiger partial charge in [0, 0.05) is 41.8 Å². The molecule has 1 atom stereocenters. The van der Waals surface area contributed by atoms with Crippen LogP contribution in [0, 0.1) is 0 Å². The van der Waals surface area contributed by atoms with Gasteiger partial charge >= 0.3 is 0 Å². The van der Waals surface area contributed by atoms with Gasteiger partial charge in [-0.1, -0.05) is 29.3 Å². The number of hydrogen-bond donors (Lipinski definition) is 1. The molecule has 0 aliphatic carbocycles. The van der Waals surface area contributed by atoms with Gasteiger partial charge in [0.05, 0.1) is 6.04 Å². The van der Waals surface area contributed by atoms with E-state index < -0.39 is 6.67 Å². The lowest BCUT2D eigenvalue weighted by Crippen LogP contribution is -2.45. The summed E-state index contributed by atoms with van der Waals surface area (Å²) in [5, 5.41) is 4.33. The van der Waals surface area contributed by atoms with Gasteiger partial charge in [0.1, 0.15) is 6.67 Å². The Hall–Kier alpha value is -0.350. The predicted octanol–water partition coefficient (Wildman–Crippen LogP) is 2.91. The molecule has 0 spiro atoms. The molecule has 1 aliphatic heterocycles. The largest absolute Gasteiger partial charge is 0.314 e. The van der Waals surface area contributed by atoms with Crippen molar-refractivity contribution in [2.45, 2.75) is 6.04 Å². The van der Waals surface area contributed by atoms with Gasteiger partial charge in [-0.2, -0.15) is 0 Å². The fourth-order valence-corrected chi connectivity index (χ4v) is 2.83. The minimum absolute atomic E-state index is 0.335. The van der Waals surface area contributed by atoms with Gasteiger partial charge in [-0.15, -0.1) is 0 Å². The third-order valence-corrected chi connectivity index (χ3v) is 3.73. The number of hydrogen-bond acceptors (Lipinski definition) is 2. The zero-order valence-corrected chi connectivity index (χ0v) is 10.9. The highest BCUT2D eigenvalue weighted by Gasteiger charge is 2.25. The quantitative estimate of drug-likeness (QED) is 0.913. The van der Waals surface area contributed by atoms with E-state index >= 15 is 0 Å². The molecule has 0 unspecified atom stereocenters. The Labute approximate surface area is 111 Å². The Morgan fingerprint density at radius 1 is 1.24 bits per heavy atom. The first-order chi connectivity index (χ1) is 8.24. The topological polar surface area (TPSA) is 15.3 Å². The van der Waals surface area contributed by atoms with E-state index in [-0.39, 0.29) is 6.04 Å². The number of halogens is 3. The van der Waals surface area contributed by atoms with Gasteiger partial charge < -0.3 is 5.32 Å². The SMILES string of the molecule is FC[C@H](c1c(Cl)cccc1Cl)N1CCNCC1. The summed E-state index contributed by atoms with van der Waals surface area (Å²) in [6.07, 6.45) is 0. The summed E-state index contributed by atoms with van der Waals surface area (Å²) in [5.41, 5.74) is 0.709. The minimum atomic E-state index is -0.469. The first-order valence-electron chi connectivity index (χ1n) is 5.68. The average Bonchev–Trinajstić information content (AvgIpc) is 2.35. The Morgan fingerprint density at radius 3 is 2.35 bits per heavy atom. The summed E-state index contributed by atoms with van der Waals surface area (Å²) in [7, 11) is 0. The van der Waals surface area contributed by atoms with Crippen molar-refractivity contribution < 1.29 is 4.39 Å². The van der Waals surface area contributed by atoms with Crippen LogP contribution < -0.4 is 5.32 Å². The standard InChI is InChI=1S/C12H15Cl2FN2/c13-9-2-1-3-10(14)12(9)11(8-15)17-6-4-16-5-7-17/h1-3,11,16H,4-8H2/t11-/m1/s1. The summed E-state index contributed by atoms with van der Waals surface area (Å²) < 4.78 is 13.3. The Balaban J connectivity index is 2.27. The summed E-state index contributed by atoms with van der Waals surface area (Å²) in [6, 6.07) is 4.96. The minimum Gasteiger partial charge on any atom is -0.314 e. The van der Waals surface area contributed by atoms with Crippen LogP contribution in [0.15, 0.2) is 18.2 Å². The van der Waals surface area contributed by atoms with Gasteiger partial charge in [0.25, 0.3) is 0 Å². The lowest BCUT2D eigenvalue weighted by molar-refractivity contribution is 0.147. The van der Waals surface area contributed by atoms with Crippen molar-refractivity contribution in [2.75, 3.05) is 32.9 Å². The Bertz CT molecular complexity index is 361. The van der Waals surface area contributed by atoms with E-state index in [1.54, 1.807) is 18.2 Å². The second-order valence-electron chi connectivity index (χ2n) is 4.09. The second kappa shape index (κ2) is 6.01.